The summed E-state index contributed by atoms with van der Waals surface area (Å²) in [4.78, 5) is 37.9. The van der Waals surface area contributed by atoms with E-state index in [-0.39, 0.29) is 18.0 Å². The molecule has 5 heterocycles. The van der Waals surface area contributed by atoms with Crippen molar-refractivity contribution in [2.24, 2.45) is 0 Å². The Hall–Kier alpha value is -2.95. The second-order valence-corrected chi connectivity index (χ2v) is 9.53. The molecule has 0 aliphatic carbocycles. The Kier molecular flexibility index (Phi) is 6.05. The van der Waals surface area contributed by atoms with Gasteiger partial charge in [0.05, 0.1) is 23.3 Å². The van der Waals surface area contributed by atoms with Crippen LogP contribution in [-0.4, -0.2) is 62.1 Å². The lowest BCUT2D eigenvalue weighted by atomic mass is 10.2. The number of hydrogen-bond acceptors (Lipinski definition) is 8. The van der Waals surface area contributed by atoms with Crippen LogP contribution in [0, 0.1) is 0 Å². The number of pyridine rings is 1. The molecule has 10 heteroatoms. The molecular weight excluding hydrogens is 458 g/mol. The van der Waals surface area contributed by atoms with Gasteiger partial charge in [-0.15, -0.1) is 0 Å². The van der Waals surface area contributed by atoms with Crippen LogP contribution in [0.1, 0.15) is 18.2 Å². The number of thiocarbonyl (C=S) groups is 1. The van der Waals surface area contributed by atoms with Crippen LogP contribution in [0.5, 0.6) is 0 Å². The van der Waals surface area contributed by atoms with E-state index >= 15 is 0 Å². The number of likely N-dealkylation sites (N-methyl/N-ethyl adjacent to an activating group) is 1. The van der Waals surface area contributed by atoms with Crippen molar-refractivity contribution in [1.29, 1.82) is 0 Å². The number of amides is 1. The molecule has 2 aliphatic heterocycles. The van der Waals surface area contributed by atoms with Crippen LogP contribution in [0.15, 0.2) is 56.9 Å². The number of hydrogen-bond donors (Lipinski definition) is 0. The number of anilines is 1. The molecule has 0 unspecified atom stereocenters. The highest BCUT2D eigenvalue weighted by Gasteiger charge is 2.33. The van der Waals surface area contributed by atoms with E-state index in [0.29, 0.717) is 32.0 Å². The van der Waals surface area contributed by atoms with Crippen molar-refractivity contribution in [3.8, 4) is 0 Å². The molecule has 3 aromatic heterocycles. The molecule has 8 nitrogen and oxygen atoms in total. The molecular formula is C23H23N5O3S2. The van der Waals surface area contributed by atoms with Gasteiger partial charge in [0.1, 0.15) is 21.5 Å². The average molecular weight is 482 g/mol. The second kappa shape index (κ2) is 9.12. The van der Waals surface area contributed by atoms with Gasteiger partial charge < -0.3 is 14.2 Å². The van der Waals surface area contributed by atoms with E-state index in [1.54, 1.807) is 36.7 Å². The topological polar surface area (TPSA) is 74.3 Å². The maximum absolute atomic E-state index is 13.5. The average Bonchev–Trinajstić information content (AvgIpc) is 3.45. The Morgan fingerprint density at radius 2 is 1.97 bits per heavy atom. The number of piperazine rings is 1. The van der Waals surface area contributed by atoms with Gasteiger partial charge in [0.25, 0.3) is 11.5 Å². The third-order valence-electron chi connectivity index (χ3n) is 5.91. The number of rotatable bonds is 5. The molecule has 0 N–H and O–H groups in total. The van der Waals surface area contributed by atoms with Crippen LogP contribution >= 0.6 is 24.0 Å². The van der Waals surface area contributed by atoms with Crippen LogP contribution in [0.2, 0.25) is 0 Å². The molecule has 33 heavy (non-hydrogen) atoms. The highest BCUT2D eigenvalue weighted by atomic mass is 32.2. The summed E-state index contributed by atoms with van der Waals surface area (Å²) in [6.45, 7) is 6.73. The summed E-state index contributed by atoms with van der Waals surface area (Å²) in [6, 6.07) is 9.05. The van der Waals surface area contributed by atoms with Crippen molar-refractivity contribution in [2.45, 2.75) is 13.5 Å². The molecule has 0 spiro atoms. The van der Waals surface area contributed by atoms with Crippen LogP contribution < -0.4 is 10.5 Å². The lowest BCUT2D eigenvalue weighted by molar-refractivity contribution is -0.122. The van der Waals surface area contributed by atoms with E-state index in [2.05, 4.69) is 16.7 Å². The Labute approximate surface area is 200 Å². The molecule has 1 amide bonds. The monoisotopic (exact) mass is 481 g/mol. The summed E-state index contributed by atoms with van der Waals surface area (Å²) < 4.78 is 7.33. The SMILES string of the molecule is CCN1CCN(c2nc3ccccn3c(=O)c2/C=C2\SC(=S)N(Cc3ccco3)C2=O)CC1. The molecule has 0 radical (unpaired) electrons. The van der Waals surface area contributed by atoms with Crippen molar-refractivity contribution in [3.63, 3.8) is 0 Å². The number of nitrogens with zero attached hydrogens (tertiary/aromatic N) is 5. The van der Waals surface area contributed by atoms with Crippen LogP contribution in [0.3, 0.4) is 0 Å². The fraction of sp³-hybridized carbons (Fsp3) is 0.304. The van der Waals surface area contributed by atoms with Crippen LogP contribution in [-0.2, 0) is 11.3 Å². The first-order chi connectivity index (χ1) is 16.0. The normalized spacial score (nSPS) is 18.8. The van der Waals surface area contributed by atoms with Gasteiger partial charge in [-0.1, -0.05) is 37.0 Å². The standard InChI is InChI=1S/C23H23N5O3S2/c1-2-25-9-11-26(12-10-25)20-17(21(29)27-8-4-3-7-19(27)24-20)14-18-22(30)28(23(32)33-18)15-16-6-5-13-31-16/h3-8,13-14H,2,9-12,15H2,1H3/b18-14-. The number of carbonyl (C=O) groups is 1. The van der Waals surface area contributed by atoms with Crippen molar-refractivity contribution < 1.29 is 9.21 Å². The minimum Gasteiger partial charge on any atom is -0.467 e. The Morgan fingerprint density at radius 3 is 2.70 bits per heavy atom. The summed E-state index contributed by atoms with van der Waals surface area (Å²) in [5, 5.41) is 0. The molecule has 0 bridgehead atoms. The Balaban J connectivity index is 1.55. The lowest BCUT2D eigenvalue weighted by Crippen LogP contribution is -2.47. The van der Waals surface area contributed by atoms with Gasteiger partial charge in [0, 0.05) is 32.4 Å². The Morgan fingerprint density at radius 1 is 1.15 bits per heavy atom. The van der Waals surface area contributed by atoms with Crippen molar-refractivity contribution in [3.05, 3.63) is 69.4 Å². The van der Waals surface area contributed by atoms with E-state index in [9.17, 15) is 9.59 Å². The maximum atomic E-state index is 13.5. The molecule has 5 rings (SSSR count). The van der Waals surface area contributed by atoms with Crippen molar-refractivity contribution in [2.75, 3.05) is 37.6 Å². The number of thioether (sulfide) groups is 1. The zero-order valence-electron chi connectivity index (χ0n) is 18.1. The Bertz CT molecular complexity index is 1290. The quantitative estimate of drug-likeness (QED) is 0.407. The zero-order chi connectivity index (χ0) is 22.9. The number of aromatic nitrogens is 2. The van der Waals surface area contributed by atoms with Gasteiger partial charge in [-0.3, -0.25) is 18.9 Å². The van der Waals surface area contributed by atoms with Gasteiger partial charge >= 0.3 is 0 Å². The number of fused-ring (bicyclic) bond motifs is 1. The fourth-order valence-electron chi connectivity index (χ4n) is 4.06. The summed E-state index contributed by atoms with van der Waals surface area (Å²) in [5.74, 6) is 1.02. The van der Waals surface area contributed by atoms with Gasteiger partial charge in [-0.25, -0.2) is 4.98 Å². The number of furan rings is 1. The molecule has 0 atom stereocenters. The van der Waals surface area contributed by atoms with Crippen molar-refractivity contribution >= 4 is 51.7 Å². The fourth-order valence-corrected chi connectivity index (χ4v) is 5.30. The van der Waals surface area contributed by atoms with E-state index in [4.69, 9.17) is 21.6 Å². The van der Waals surface area contributed by atoms with Crippen molar-refractivity contribution in [1.82, 2.24) is 19.2 Å². The third-order valence-corrected chi connectivity index (χ3v) is 7.29. The minimum absolute atomic E-state index is 0.204. The molecule has 2 fully saturated rings. The van der Waals surface area contributed by atoms with Gasteiger partial charge in [0.2, 0.25) is 0 Å². The molecule has 2 aliphatic rings. The summed E-state index contributed by atoms with van der Waals surface area (Å²) in [6.07, 6.45) is 4.91. The molecule has 3 aromatic rings. The van der Waals surface area contributed by atoms with Crippen LogP contribution in [0.25, 0.3) is 11.7 Å². The summed E-state index contributed by atoms with van der Waals surface area (Å²) >= 11 is 6.65. The third kappa shape index (κ3) is 4.21. The first-order valence-corrected chi connectivity index (χ1v) is 12.0. The molecule has 170 valence electrons. The van der Waals surface area contributed by atoms with Gasteiger partial charge in [0.15, 0.2) is 0 Å². The van der Waals surface area contributed by atoms with E-state index in [1.807, 2.05) is 12.1 Å². The first-order valence-electron chi connectivity index (χ1n) is 10.8. The van der Waals surface area contributed by atoms with E-state index < -0.39 is 0 Å². The van der Waals surface area contributed by atoms with Gasteiger partial charge in [-0.05, 0) is 36.9 Å². The summed E-state index contributed by atoms with van der Waals surface area (Å²) in [7, 11) is 0. The maximum Gasteiger partial charge on any atom is 0.267 e. The second-order valence-electron chi connectivity index (χ2n) is 7.85. The molecule has 2 saturated heterocycles. The highest BCUT2D eigenvalue weighted by molar-refractivity contribution is 8.26. The predicted molar refractivity (Wildman–Crippen MR) is 133 cm³/mol. The highest BCUT2D eigenvalue weighted by Crippen LogP contribution is 2.34. The largest absolute Gasteiger partial charge is 0.467 e. The smallest absolute Gasteiger partial charge is 0.267 e. The minimum atomic E-state index is -0.235. The van der Waals surface area contributed by atoms with E-state index in [0.717, 1.165) is 32.7 Å². The summed E-state index contributed by atoms with van der Waals surface area (Å²) in [5.41, 5.74) is 0.782. The predicted octanol–water partition coefficient (Wildman–Crippen LogP) is 2.83. The first kappa shape index (κ1) is 21.9. The van der Waals surface area contributed by atoms with E-state index in [1.165, 1.54) is 21.1 Å². The molecule has 0 saturated carbocycles. The number of carbonyl (C=O) groups excluding carboxylic acids is 1. The lowest BCUT2D eigenvalue weighted by Gasteiger charge is -2.35. The zero-order valence-corrected chi connectivity index (χ0v) is 19.8. The van der Waals surface area contributed by atoms with Crippen LogP contribution in [0.4, 0.5) is 5.82 Å². The van der Waals surface area contributed by atoms with Gasteiger partial charge in [-0.2, -0.15) is 0 Å². The molecule has 0 aromatic carbocycles.